The molecule has 0 aliphatic carbocycles. The zero-order chi connectivity index (χ0) is 21.9. The number of carbonyl (C=O) groups is 1. The third kappa shape index (κ3) is 5.73. The van der Waals surface area contributed by atoms with Gasteiger partial charge in [0.25, 0.3) is 5.43 Å². The zero-order valence-electron chi connectivity index (χ0n) is 17.5. The van der Waals surface area contributed by atoms with E-state index in [1.807, 2.05) is 32.9 Å². The largest absolute Gasteiger partial charge is 0.444 e. The van der Waals surface area contributed by atoms with Gasteiger partial charge < -0.3 is 14.7 Å². The van der Waals surface area contributed by atoms with Crippen LogP contribution in [0.15, 0.2) is 40.1 Å². The van der Waals surface area contributed by atoms with Crippen LogP contribution in [0.2, 0.25) is 5.02 Å². The maximum Gasteiger partial charge on any atom is 0.410 e. The van der Waals surface area contributed by atoms with Gasteiger partial charge in [-0.1, -0.05) is 23.7 Å². The molecule has 0 unspecified atom stereocenters. The fourth-order valence-electron chi connectivity index (χ4n) is 3.20. The van der Waals surface area contributed by atoms with Gasteiger partial charge in [0.15, 0.2) is 0 Å². The van der Waals surface area contributed by atoms with E-state index in [0.29, 0.717) is 43.3 Å². The molecule has 2 heterocycles. The molecule has 1 aliphatic heterocycles. The van der Waals surface area contributed by atoms with E-state index in [0.717, 1.165) is 5.56 Å². The van der Waals surface area contributed by atoms with Crippen LogP contribution < -0.4 is 11.0 Å². The molecule has 30 heavy (non-hydrogen) atoms. The minimum atomic E-state index is -0.588. The quantitative estimate of drug-likeness (QED) is 0.746. The van der Waals surface area contributed by atoms with E-state index in [4.69, 9.17) is 16.3 Å². The summed E-state index contributed by atoms with van der Waals surface area (Å²) in [5, 5.41) is 3.52. The number of nitrogens with zero attached hydrogens (tertiary/aromatic N) is 3. The summed E-state index contributed by atoms with van der Waals surface area (Å²) < 4.78 is 6.68. The van der Waals surface area contributed by atoms with Crippen LogP contribution in [0.4, 0.5) is 4.79 Å². The summed E-state index contributed by atoms with van der Waals surface area (Å²) in [6.07, 6.45) is 1.25. The van der Waals surface area contributed by atoms with Gasteiger partial charge in [-0.25, -0.2) is 9.48 Å². The summed E-state index contributed by atoms with van der Waals surface area (Å²) >= 11 is 5.88. The van der Waals surface area contributed by atoms with E-state index in [9.17, 15) is 14.4 Å². The molecule has 0 atom stereocenters. The number of amides is 1. The number of ether oxygens (including phenoxy) is 1. The monoisotopic (exact) mass is 434 g/mol. The number of aromatic nitrogens is 2. The Labute approximate surface area is 180 Å². The first kappa shape index (κ1) is 22.1. The van der Waals surface area contributed by atoms with Crippen molar-refractivity contribution in [2.75, 3.05) is 26.2 Å². The predicted octanol–water partition coefficient (Wildman–Crippen LogP) is 2.29. The standard InChI is InChI=1S/C21H27ClN4O4/c1-21(2,3)30-20(29)25-10-8-24(9-11-25)14-16-12-23-26(19(28)18(16)27)13-15-4-6-17(22)7-5-15/h4-7,12,23H,8-11,13-14H2,1-3H3. The number of carbonyl (C=O) groups excluding carboxylic acids is 1. The summed E-state index contributed by atoms with van der Waals surface area (Å²) in [5.41, 5.74) is -0.356. The molecule has 1 fully saturated rings. The SMILES string of the molecule is CC(C)(C)OC(=O)N1CCN(Cc2c[nH]n(Cc3ccc(Cl)cc3)c(=O)c2=O)CC1. The van der Waals surface area contributed by atoms with Gasteiger partial charge in [-0.2, -0.15) is 0 Å². The fourth-order valence-corrected chi connectivity index (χ4v) is 3.33. The lowest BCUT2D eigenvalue weighted by Gasteiger charge is -2.35. The number of nitrogens with one attached hydrogen (secondary N) is 1. The topological polar surface area (TPSA) is 87.6 Å². The molecule has 0 spiro atoms. The molecule has 1 aromatic carbocycles. The predicted molar refractivity (Wildman–Crippen MR) is 115 cm³/mol. The number of hydrogen-bond donors (Lipinski definition) is 1. The number of rotatable bonds is 4. The van der Waals surface area contributed by atoms with Gasteiger partial charge >= 0.3 is 11.7 Å². The Hall–Kier alpha value is -2.58. The molecule has 1 saturated heterocycles. The van der Waals surface area contributed by atoms with Crippen LogP contribution in [-0.2, 0) is 17.8 Å². The van der Waals surface area contributed by atoms with Gasteiger partial charge in [0.1, 0.15) is 5.60 Å². The van der Waals surface area contributed by atoms with E-state index >= 15 is 0 Å². The van der Waals surface area contributed by atoms with Crippen molar-refractivity contribution in [1.82, 2.24) is 19.6 Å². The van der Waals surface area contributed by atoms with Crippen molar-refractivity contribution >= 4 is 17.7 Å². The lowest BCUT2D eigenvalue weighted by Crippen LogP contribution is -2.50. The molecule has 8 nitrogen and oxygen atoms in total. The van der Waals surface area contributed by atoms with Gasteiger partial charge in [0.05, 0.1) is 6.54 Å². The van der Waals surface area contributed by atoms with E-state index in [2.05, 4.69) is 10.00 Å². The van der Waals surface area contributed by atoms with Gasteiger partial charge in [-0.3, -0.25) is 14.5 Å². The molecule has 1 N–H and O–H groups in total. The second-order valence-electron chi connectivity index (χ2n) is 8.39. The van der Waals surface area contributed by atoms with Crippen molar-refractivity contribution in [2.45, 2.75) is 39.5 Å². The Morgan fingerprint density at radius 1 is 1.07 bits per heavy atom. The van der Waals surface area contributed by atoms with E-state index in [1.165, 1.54) is 4.68 Å². The van der Waals surface area contributed by atoms with Crippen LogP contribution in [0.3, 0.4) is 0 Å². The molecule has 1 aromatic heterocycles. The Bertz CT molecular complexity index is 999. The Kier molecular flexibility index (Phi) is 6.67. The third-order valence-corrected chi connectivity index (χ3v) is 5.05. The average Bonchev–Trinajstić information content (AvgIpc) is 2.68. The van der Waals surface area contributed by atoms with E-state index < -0.39 is 16.6 Å². The highest BCUT2D eigenvalue weighted by molar-refractivity contribution is 6.30. The van der Waals surface area contributed by atoms with Crippen LogP contribution in [-0.4, -0.2) is 57.5 Å². The molecule has 1 amide bonds. The van der Waals surface area contributed by atoms with Crippen molar-refractivity contribution in [3.05, 3.63) is 67.2 Å². The lowest BCUT2D eigenvalue weighted by atomic mass is 10.2. The normalized spacial score (nSPS) is 15.3. The zero-order valence-corrected chi connectivity index (χ0v) is 18.2. The van der Waals surface area contributed by atoms with Gasteiger partial charge in [-0.05, 0) is 38.5 Å². The number of hydrogen-bond acceptors (Lipinski definition) is 5. The maximum absolute atomic E-state index is 12.6. The molecule has 0 radical (unpaired) electrons. The number of aromatic amines is 1. The third-order valence-electron chi connectivity index (χ3n) is 4.80. The van der Waals surface area contributed by atoms with E-state index in [1.54, 1.807) is 23.2 Å². The van der Waals surface area contributed by atoms with Crippen LogP contribution >= 0.6 is 11.6 Å². The number of benzene rings is 1. The summed E-state index contributed by atoms with van der Waals surface area (Å²) in [7, 11) is 0. The van der Waals surface area contributed by atoms with Crippen LogP contribution in [0.5, 0.6) is 0 Å². The molecule has 0 saturated carbocycles. The Balaban J connectivity index is 1.61. The Morgan fingerprint density at radius 2 is 1.70 bits per heavy atom. The molecular weight excluding hydrogens is 408 g/mol. The van der Waals surface area contributed by atoms with Crippen molar-refractivity contribution in [3.8, 4) is 0 Å². The van der Waals surface area contributed by atoms with Crippen molar-refractivity contribution < 1.29 is 9.53 Å². The fraction of sp³-hybridized carbons (Fsp3) is 0.476. The Morgan fingerprint density at radius 3 is 2.30 bits per heavy atom. The van der Waals surface area contributed by atoms with Gasteiger partial charge in [-0.15, -0.1) is 0 Å². The second kappa shape index (κ2) is 9.06. The molecular formula is C21H27ClN4O4. The highest BCUT2D eigenvalue weighted by atomic mass is 35.5. The van der Waals surface area contributed by atoms with Crippen molar-refractivity contribution in [1.29, 1.82) is 0 Å². The minimum Gasteiger partial charge on any atom is -0.444 e. The highest BCUT2D eigenvalue weighted by Crippen LogP contribution is 2.13. The molecule has 1 aliphatic rings. The maximum atomic E-state index is 12.6. The lowest BCUT2D eigenvalue weighted by molar-refractivity contribution is 0.0138. The molecule has 3 rings (SSSR count). The summed E-state index contributed by atoms with van der Waals surface area (Å²) in [6, 6.07) is 7.10. The first-order chi connectivity index (χ1) is 14.1. The first-order valence-corrected chi connectivity index (χ1v) is 10.3. The molecule has 2 aromatic rings. The first-order valence-electron chi connectivity index (χ1n) is 9.88. The van der Waals surface area contributed by atoms with Crippen LogP contribution in [0.25, 0.3) is 0 Å². The van der Waals surface area contributed by atoms with Crippen LogP contribution in [0, 0.1) is 0 Å². The number of halogens is 1. The number of piperazine rings is 1. The van der Waals surface area contributed by atoms with Crippen molar-refractivity contribution in [2.24, 2.45) is 0 Å². The smallest absolute Gasteiger partial charge is 0.410 e. The average molecular weight is 435 g/mol. The van der Waals surface area contributed by atoms with E-state index in [-0.39, 0.29) is 12.6 Å². The summed E-state index contributed by atoms with van der Waals surface area (Å²) in [6.45, 7) is 8.36. The molecule has 162 valence electrons. The highest BCUT2D eigenvalue weighted by Gasteiger charge is 2.26. The summed E-state index contributed by atoms with van der Waals surface area (Å²) in [5.74, 6) is 0. The second-order valence-corrected chi connectivity index (χ2v) is 8.83. The minimum absolute atomic E-state index is 0.264. The van der Waals surface area contributed by atoms with Crippen LogP contribution in [0.1, 0.15) is 31.9 Å². The van der Waals surface area contributed by atoms with Gasteiger partial charge in [0, 0.05) is 49.5 Å². The van der Waals surface area contributed by atoms with Crippen molar-refractivity contribution in [3.63, 3.8) is 0 Å². The molecule has 9 heteroatoms. The van der Waals surface area contributed by atoms with Gasteiger partial charge in [0.2, 0.25) is 0 Å². The summed E-state index contributed by atoms with van der Waals surface area (Å²) in [4.78, 5) is 40.9. The molecule has 0 bridgehead atoms. The number of H-pyrrole nitrogens is 1.